The van der Waals surface area contributed by atoms with Crippen molar-refractivity contribution in [2.75, 3.05) is 7.05 Å². The van der Waals surface area contributed by atoms with Crippen molar-refractivity contribution in [3.05, 3.63) is 35.9 Å². The minimum atomic E-state index is -0.627. The van der Waals surface area contributed by atoms with Crippen molar-refractivity contribution in [3.8, 4) is 0 Å². The number of aliphatic hydroxyl groups is 1. The number of hydrogen-bond acceptors (Lipinski definition) is 3. The average molecular weight is 369 g/mol. The van der Waals surface area contributed by atoms with Crippen molar-refractivity contribution in [1.82, 2.24) is 5.32 Å². The van der Waals surface area contributed by atoms with E-state index < -0.39 is 6.10 Å². The number of benzene rings is 1. The summed E-state index contributed by atoms with van der Waals surface area (Å²) in [6.07, 6.45) is 7.63. The molecule has 0 spiro atoms. The van der Waals surface area contributed by atoms with E-state index in [-0.39, 0.29) is 30.3 Å². The molecule has 1 aliphatic rings. The molecule has 1 aromatic rings. The number of rotatable bonds is 8. The third-order valence-electron chi connectivity index (χ3n) is 5.29. The molecular weight excluding hydrogens is 336 g/mol. The Bertz CT molecular complexity index is 492. The molecule has 0 saturated heterocycles. The molecule has 3 atom stereocenters. The molecule has 4 nitrogen and oxygen atoms in total. The summed E-state index contributed by atoms with van der Waals surface area (Å²) in [4.78, 5) is 12.2. The minimum absolute atomic E-state index is 0. The standard InChI is InChI=1S/C20H32N2O2.ClH/c1-22-20(24)17(12-15-8-4-2-5-9-15)14-19(23)18(21)13-16-10-6-3-7-11-16;/h2,4-5,8-9,16-19,23H,3,6-7,10-14,21H2,1H3,(H,22,24);1H. The Hall–Kier alpha value is -1.10. The summed E-state index contributed by atoms with van der Waals surface area (Å²) in [5, 5.41) is 13.3. The quantitative estimate of drug-likeness (QED) is 0.660. The smallest absolute Gasteiger partial charge is 0.223 e. The van der Waals surface area contributed by atoms with Gasteiger partial charge in [0, 0.05) is 19.0 Å². The normalized spacial score (nSPS) is 18.7. The Labute approximate surface area is 158 Å². The van der Waals surface area contributed by atoms with Crippen molar-refractivity contribution in [1.29, 1.82) is 0 Å². The summed E-state index contributed by atoms with van der Waals surface area (Å²) in [5.41, 5.74) is 7.36. The van der Waals surface area contributed by atoms with Gasteiger partial charge in [-0.3, -0.25) is 4.79 Å². The molecule has 2 rings (SSSR count). The van der Waals surface area contributed by atoms with Gasteiger partial charge in [-0.2, -0.15) is 0 Å². The molecule has 0 bridgehead atoms. The van der Waals surface area contributed by atoms with Gasteiger partial charge >= 0.3 is 0 Å². The predicted molar refractivity (Wildman–Crippen MR) is 105 cm³/mol. The molecular formula is C20H33ClN2O2. The number of nitrogens with one attached hydrogen (secondary N) is 1. The number of carbonyl (C=O) groups is 1. The Morgan fingerprint density at radius 1 is 1.24 bits per heavy atom. The summed E-state index contributed by atoms with van der Waals surface area (Å²) in [6, 6.07) is 9.71. The molecule has 1 amide bonds. The van der Waals surface area contributed by atoms with Gasteiger partial charge in [-0.15, -0.1) is 12.4 Å². The third kappa shape index (κ3) is 7.35. The first-order valence-electron chi connectivity index (χ1n) is 9.29. The lowest BCUT2D eigenvalue weighted by Gasteiger charge is -2.28. The fourth-order valence-corrected chi connectivity index (χ4v) is 3.82. The Kier molecular flexibility index (Phi) is 10.1. The van der Waals surface area contributed by atoms with E-state index in [2.05, 4.69) is 5.32 Å². The Balaban J connectivity index is 0.00000312. The zero-order chi connectivity index (χ0) is 17.4. The van der Waals surface area contributed by atoms with Crippen LogP contribution in [0.3, 0.4) is 0 Å². The van der Waals surface area contributed by atoms with E-state index in [0.29, 0.717) is 18.8 Å². The first-order valence-corrected chi connectivity index (χ1v) is 9.29. The van der Waals surface area contributed by atoms with Crippen LogP contribution in [0.5, 0.6) is 0 Å². The van der Waals surface area contributed by atoms with Gasteiger partial charge in [0.15, 0.2) is 0 Å². The van der Waals surface area contributed by atoms with Crippen LogP contribution in [0.2, 0.25) is 0 Å². The fourth-order valence-electron chi connectivity index (χ4n) is 3.82. The monoisotopic (exact) mass is 368 g/mol. The zero-order valence-corrected chi connectivity index (χ0v) is 16.0. The highest BCUT2D eigenvalue weighted by Crippen LogP contribution is 2.28. The fraction of sp³-hybridized carbons (Fsp3) is 0.650. The van der Waals surface area contributed by atoms with Crippen LogP contribution < -0.4 is 11.1 Å². The van der Waals surface area contributed by atoms with Crippen LogP contribution in [0.15, 0.2) is 30.3 Å². The lowest BCUT2D eigenvalue weighted by atomic mass is 9.82. The summed E-state index contributed by atoms with van der Waals surface area (Å²) in [7, 11) is 1.65. The van der Waals surface area contributed by atoms with E-state index in [4.69, 9.17) is 5.73 Å². The third-order valence-corrected chi connectivity index (χ3v) is 5.29. The highest BCUT2D eigenvalue weighted by Gasteiger charge is 2.27. The highest BCUT2D eigenvalue weighted by atomic mass is 35.5. The molecule has 1 aromatic carbocycles. The minimum Gasteiger partial charge on any atom is -0.391 e. The number of hydrogen-bond donors (Lipinski definition) is 3. The van der Waals surface area contributed by atoms with Crippen LogP contribution >= 0.6 is 12.4 Å². The van der Waals surface area contributed by atoms with Gasteiger partial charge < -0.3 is 16.2 Å². The summed E-state index contributed by atoms with van der Waals surface area (Å²) >= 11 is 0. The van der Waals surface area contributed by atoms with Gasteiger partial charge in [0.2, 0.25) is 5.91 Å². The first kappa shape index (κ1) is 21.9. The van der Waals surface area contributed by atoms with Crippen LogP contribution in [0.4, 0.5) is 0 Å². The summed E-state index contributed by atoms with van der Waals surface area (Å²) in [6.45, 7) is 0. The van der Waals surface area contributed by atoms with Gasteiger partial charge in [-0.1, -0.05) is 62.4 Å². The maximum Gasteiger partial charge on any atom is 0.223 e. The van der Waals surface area contributed by atoms with Crippen LogP contribution in [0.25, 0.3) is 0 Å². The van der Waals surface area contributed by atoms with Crippen LogP contribution in [0.1, 0.15) is 50.5 Å². The maximum atomic E-state index is 12.2. The molecule has 0 heterocycles. The van der Waals surface area contributed by atoms with Crippen molar-refractivity contribution in [3.63, 3.8) is 0 Å². The Morgan fingerprint density at radius 2 is 1.88 bits per heavy atom. The lowest BCUT2D eigenvalue weighted by Crippen LogP contribution is -2.41. The van der Waals surface area contributed by atoms with E-state index in [9.17, 15) is 9.90 Å². The molecule has 1 fully saturated rings. The number of carbonyl (C=O) groups excluding carboxylic acids is 1. The topological polar surface area (TPSA) is 75.3 Å². The SMILES string of the molecule is CNC(=O)C(Cc1ccccc1)CC(O)C(N)CC1CCCCC1.Cl. The molecule has 0 aromatic heterocycles. The van der Waals surface area contributed by atoms with Crippen molar-refractivity contribution in [2.45, 2.75) is 63.5 Å². The van der Waals surface area contributed by atoms with Gasteiger partial charge in [-0.25, -0.2) is 0 Å². The molecule has 0 aliphatic heterocycles. The van der Waals surface area contributed by atoms with Gasteiger partial charge in [0.1, 0.15) is 0 Å². The number of nitrogens with two attached hydrogens (primary N) is 1. The summed E-state index contributed by atoms with van der Waals surface area (Å²) < 4.78 is 0. The van der Waals surface area contributed by atoms with E-state index in [1.807, 2.05) is 30.3 Å². The first-order chi connectivity index (χ1) is 11.6. The second kappa shape index (κ2) is 11.5. The molecule has 25 heavy (non-hydrogen) atoms. The predicted octanol–water partition coefficient (Wildman–Crippen LogP) is 3.06. The highest BCUT2D eigenvalue weighted by molar-refractivity contribution is 5.85. The van der Waals surface area contributed by atoms with Gasteiger partial charge in [0.25, 0.3) is 0 Å². The van der Waals surface area contributed by atoms with E-state index in [1.54, 1.807) is 7.05 Å². The molecule has 4 N–H and O–H groups in total. The largest absolute Gasteiger partial charge is 0.391 e. The van der Waals surface area contributed by atoms with E-state index in [0.717, 1.165) is 12.0 Å². The summed E-state index contributed by atoms with van der Waals surface area (Å²) in [5.74, 6) is 0.364. The van der Waals surface area contributed by atoms with Crippen LogP contribution in [-0.2, 0) is 11.2 Å². The second-order valence-corrected chi connectivity index (χ2v) is 7.21. The molecule has 5 heteroatoms. The average Bonchev–Trinajstić information content (AvgIpc) is 2.62. The number of aliphatic hydroxyl groups excluding tert-OH is 1. The maximum absolute atomic E-state index is 12.2. The van der Waals surface area contributed by atoms with E-state index in [1.165, 1.54) is 32.1 Å². The lowest BCUT2D eigenvalue weighted by molar-refractivity contribution is -0.125. The van der Waals surface area contributed by atoms with Crippen molar-refractivity contribution in [2.24, 2.45) is 17.6 Å². The number of amides is 1. The zero-order valence-electron chi connectivity index (χ0n) is 15.2. The Morgan fingerprint density at radius 3 is 2.48 bits per heavy atom. The number of halogens is 1. The van der Waals surface area contributed by atoms with E-state index >= 15 is 0 Å². The van der Waals surface area contributed by atoms with Gasteiger partial charge in [-0.05, 0) is 30.7 Å². The second-order valence-electron chi connectivity index (χ2n) is 7.21. The van der Waals surface area contributed by atoms with Gasteiger partial charge in [0.05, 0.1) is 6.10 Å². The van der Waals surface area contributed by atoms with Crippen LogP contribution in [-0.4, -0.2) is 30.2 Å². The molecule has 1 saturated carbocycles. The molecule has 142 valence electrons. The van der Waals surface area contributed by atoms with Crippen molar-refractivity contribution >= 4 is 18.3 Å². The molecule has 3 unspecified atom stereocenters. The molecule has 1 aliphatic carbocycles. The molecule has 0 radical (unpaired) electrons. The van der Waals surface area contributed by atoms with Crippen LogP contribution in [0, 0.1) is 11.8 Å². The van der Waals surface area contributed by atoms with Crippen molar-refractivity contribution < 1.29 is 9.90 Å².